The van der Waals surface area contributed by atoms with Crippen LogP contribution in [0.1, 0.15) is 0 Å². The average Bonchev–Trinajstić information content (AvgIpc) is 2.18. The van der Waals surface area contributed by atoms with Gasteiger partial charge in [-0.15, -0.1) is 0 Å². The van der Waals surface area contributed by atoms with Crippen LogP contribution in [0.15, 0.2) is 17.0 Å². The van der Waals surface area contributed by atoms with E-state index in [0.29, 0.717) is 9.32 Å². The summed E-state index contributed by atoms with van der Waals surface area (Å²) < 4.78 is 47.4. The van der Waals surface area contributed by atoms with Crippen LogP contribution in [0.5, 0.6) is 11.5 Å². The maximum atomic E-state index is 12.3. The zero-order chi connectivity index (χ0) is 12.3. The summed E-state index contributed by atoms with van der Waals surface area (Å²) in [6, 6.07) is 2.91. The Morgan fingerprint density at radius 1 is 1.12 bits per heavy atom. The summed E-state index contributed by atoms with van der Waals surface area (Å²) in [5.74, 6) is 0.425. The van der Waals surface area contributed by atoms with E-state index in [1.807, 2.05) is 22.6 Å². The van der Waals surface area contributed by atoms with Crippen molar-refractivity contribution in [2.45, 2.75) is 10.4 Å². The highest BCUT2D eigenvalue weighted by molar-refractivity contribution is 14.1. The molecule has 1 aromatic carbocycles. The van der Waals surface area contributed by atoms with Crippen LogP contribution in [0.4, 0.5) is 13.2 Å². The van der Waals surface area contributed by atoms with Crippen molar-refractivity contribution in [3.05, 3.63) is 15.7 Å². The second-order valence-electron chi connectivity index (χ2n) is 2.66. The van der Waals surface area contributed by atoms with Crippen LogP contribution < -0.4 is 9.47 Å². The Morgan fingerprint density at radius 2 is 1.69 bits per heavy atom. The molecule has 0 bridgehead atoms. The fourth-order valence-electron chi connectivity index (χ4n) is 1.11. The Hall–Kier alpha value is -0.310. The van der Waals surface area contributed by atoms with Crippen LogP contribution in [0.3, 0.4) is 0 Å². The van der Waals surface area contributed by atoms with Crippen molar-refractivity contribution in [3.63, 3.8) is 0 Å². The van der Waals surface area contributed by atoms with Gasteiger partial charge in [0.05, 0.1) is 22.7 Å². The molecule has 0 fully saturated rings. The van der Waals surface area contributed by atoms with Gasteiger partial charge in [-0.2, -0.15) is 13.2 Å². The minimum Gasteiger partial charge on any atom is -0.492 e. The molecule has 7 heteroatoms. The number of ether oxygens (including phenoxy) is 2. The SMILES string of the molecule is COc1c(I)ccc(SC(F)(F)F)c1OC. The van der Waals surface area contributed by atoms with Crippen molar-refractivity contribution in [1.29, 1.82) is 0 Å². The highest BCUT2D eigenvalue weighted by Gasteiger charge is 2.32. The van der Waals surface area contributed by atoms with E-state index in [1.54, 1.807) is 6.07 Å². The third-order valence-electron chi connectivity index (χ3n) is 1.66. The molecule has 0 unspecified atom stereocenters. The molecular weight excluding hydrogens is 356 g/mol. The van der Waals surface area contributed by atoms with Gasteiger partial charge in [0.15, 0.2) is 11.5 Å². The van der Waals surface area contributed by atoms with Gasteiger partial charge >= 0.3 is 5.51 Å². The minimum absolute atomic E-state index is 0.00716. The lowest BCUT2D eigenvalue weighted by Crippen LogP contribution is -2.02. The Morgan fingerprint density at radius 3 is 2.12 bits per heavy atom. The molecule has 90 valence electrons. The summed E-state index contributed by atoms with van der Waals surface area (Å²) in [6.45, 7) is 0. The smallest absolute Gasteiger partial charge is 0.446 e. The van der Waals surface area contributed by atoms with Gasteiger partial charge in [-0.25, -0.2) is 0 Å². The molecule has 0 heterocycles. The van der Waals surface area contributed by atoms with Gasteiger partial charge in [0.25, 0.3) is 0 Å². The average molecular weight is 364 g/mol. The topological polar surface area (TPSA) is 18.5 Å². The van der Waals surface area contributed by atoms with E-state index >= 15 is 0 Å². The largest absolute Gasteiger partial charge is 0.492 e. The predicted octanol–water partition coefficient (Wildman–Crippen LogP) is 3.92. The molecule has 0 aliphatic heterocycles. The van der Waals surface area contributed by atoms with E-state index in [4.69, 9.17) is 9.47 Å². The van der Waals surface area contributed by atoms with Crippen LogP contribution in [0.2, 0.25) is 0 Å². The molecule has 0 spiro atoms. The van der Waals surface area contributed by atoms with Gasteiger partial charge in [-0.05, 0) is 46.5 Å². The second kappa shape index (κ2) is 5.35. The van der Waals surface area contributed by atoms with Gasteiger partial charge in [-0.1, -0.05) is 0 Å². The van der Waals surface area contributed by atoms with E-state index in [1.165, 1.54) is 20.3 Å². The van der Waals surface area contributed by atoms with E-state index in [-0.39, 0.29) is 22.4 Å². The van der Waals surface area contributed by atoms with Crippen LogP contribution in [0, 0.1) is 3.57 Å². The molecule has 2 nitrogen and oxygen atoms in total. The van der Waals surface area contributed by atoms with Crippen molar-refractivity contribution in [1.82, 2.24) is 0 Å². The maximum absolute atomic E-state index is 12.3. The molecule has 0 aromatic heterocycles. The number of alkyl halides is 3. The number of thioether (sulfide) groups is 1. The Bertz CT molecular complexity index is 382. The molecule has 0 atom stereocenters. The fourth-order valence-corrected chi connectivity index (χ4v) is 2.41. The first-order chi connectivity index (χ1) is 7.39. The quantitative estimate of drug-likeness (QED) is 0.599. The van der Waals surface area contributed by atoms with Crippen molar-refractivity contribution < 1.29 is 22.6 Å². The molecule has 1 rings (SSSR count). The molecule has 0 saturated heterocycles. The van der Waals surface area contributed by atoms with Gasteiger partial charge in [-0.3, -0.25) is 0 Å². The number of hydrogen-bond donors (Lipinski definition) is 0. The molecule has 0 saturated carbocycles. The van der Waals surface area contributed by atoms with E-state index in [0.717, 1.165) is 0 Å². The first kappa shape index (κ1) is 13.8. The number of hydrogen-bond acceptors (Lipinski definition) is 3. The normalized spacial score (nSPS) is 11.4. The summed E-state index contributed by atoms with van der Waals surface area (Å²) >= 11 is 1.75. The molecular formula is C9H8F3IO2S. The van der Waals surface area contributed by atoms with E-state index in [2.05, 4.69) is 0 Å². The van der Waals surface area contributed by atoms with Gasteiger partial charge in [0.1, 0.15) is 0 Å². The lowest BCUT2D eigenvalue weighted by Gasteiger charge is -2.14. The summed E-state index contributed by atoms with van der Waals surface area (Å²) in [4.78, 5) is -0.00716. The third-order valence-corrected chi connectivity index (χ3v) is 3.28. The highest BCUT2D eigenvalue weighted by Crippen LogP contribution is 2.46. The first-order valence-electron chi connectivity index (χ1n) is 4.05. The lowest BCUT2D eigenvalue weighted by molar-refractivity contribution is -0.0328. The van der Waals surface area contributed by atoms with E-state index in [9.17, 15) is 13.2 Å². The highest BCUT2D eigenvalue weighted by atomic mass is 127. The van der Waals surface area contributed by atoms with Crippen LogP contribution in [-0.4, -0.2) is 19.7 Å². The van der Waals surface area contributed by atoms with Crippen LogP contribution in [-0.2, 0) is 0 Å². The van der Waals surface area contributed by atoms with Crippen molar-refractivity contribution in [2.75, 3.05) is 14.2 Å². The van der Waals surface area contributed by atoms with Crippen LogP contribution >= 0.6 is 34.4 Å². The molecule has 1 aromatic rings. The standard InChI is InChI=1S/C9H8F3IO2S/c1-14-7-5(13)3-4-6(8(7)15-2)16-9(10,11)12/h3-4H,1-2H3. The number of halogens is 4. The lowest BCUT2D eigenvalue weighted by atomic mass is 10.3. The van der Waals surface area contributed by atoms with Gasteiger partial charge in [0, 0.05) is 0 Å². The molecule has 0 aliphatic carbocycles. The molecule has 0 amide bonds. The first-order valence-corrected chi connectivity index (χ1v) is 5.94. The monoisotopic (exact) mass is 364 g/mol. The van der Waals surface area contributed by atoms with Crippen molar-refractivity contribution >= 4 is 34.4 Å². The number of methoxy groups -OCH3 is 2. The summed E-state index contributed by atoms with van der Waals surface area (Å²) in [5, 5.41) is 0. The molecule has 0 aliphatic rings. The summed E-state index contributed by atoms with van der Waals surface area (Å²) in [6.07, 6.45) is 0. The Labute approximate surface area is 109 Å². The Balaban J connectivity index is 3.19. The molecule has 16 heavy (non-hydrogen) atoms. The third kappa shape index (κ3) is 3.34. The van der Waals surface area contributed by atoms with Gasteiger partial charge < -0.3 is 9.47 Å². The molecule has 0 radical (unpaired) electrons. The second-order valence-corrected chi connectivity index (χ2v) is 4.93. The molecule has 0 N–H and O–H groups in total. The number of rotatable bonds is 3. The van der Waals surface area contributed by atoms with Crippen molar-refractivity contribution in [3.8, 4) is 11.5 Å². The van der Waals surface area contributed by atoms with Crippen LogP contribution in [0.25, 0.3) is 0 Å². The van der Waals surface area contributed by atoms with Crippen molar-refractivity contribution in [2.24, 2.45) is 0 Å². The Kier molecular flexibility index (Phi) is 4.60. The zero-order valence-electron chi connectivity index (χ0n) is 8.39. The summed E-state index contributed by atoms with van der Waals surface area (Å²) in [7, 11) is 2.70. The summed E-state index contributed by atoms with van der Waals surface area (Å²) in [5.41, 5.74) is -4.34. The predicted molar refractivity (Wildman–Crippen MR) is 64.2 cm³/mol. The van der Waals surface area contributed by atoms with Gasteiger partial charge in [0.2, 0.25) is 0 Å². The zero-order valence-corrected chi connectivity index (χ0v) is 11.4. The fraction of sp³-hybridized carbons (Fsp3) is 0.333. The van der Waals surface area contributed by atoms with E-state index < -0.39 is 5.51 Å². The number of benzene rings is 1. The minimum atomic E-state index is -4.34. The maximum Gasteiger partial charge on any atom is 0.446 e.